The monoisotopic (exact) mass is 460 g/mol. The lowest BCUT2D eigenvalue weighted by Gasteiger charge is -2.39. The molecule has 7 rings (SSSR count). The summed E-state index contributed by atoms with van der Waals surface area (Å²) in [7, 11) is 3.99. The molecular formula is C24H25ClN8. The van der Waals surface area contributed by atoms with Crippen molar-refractivity contribution >= 4 is 45.1 Å². The molecule has 0 radical (unpaired) electrons. The zero-order valence-corrected chi connectivity index (χ0v) is 19.3. The van der Waals surface area contributed by atoms with Crippen LogP contribution in [0.4, 0.5) is 5.95 Å². The smallest absolute Gasteiger partial charge is 0.213 e. The lowest BCUT2D eigenvalue weighted by molar-refractivity contribution is 0.369. The molecule has 0 saturated carbocycles. The Morgan fingerprint density at radius 3 is 2.76 bits per heavy atom. The van der Waals surface area contributed by atoms with Gasteiger partial charge in [-0.2, -0.15) is 10.1 Å². The number of aromatic amines is 1. The normalized spacial score (nSPS) is 22.9. The summed E-state index contributed by atoms with van der Waals surface area (Å²) in [5, 5.41) is 10.6. The number of rotatable bonds is 3. The van der Waals surface area contributed by atoms with Crippen molar-refractivity contribution < 1.29 is 0 Å². The van der Waals surface area contributed by atoms with Gasteiger partial charge >= 0.3 is 0 Å². The molecule has 2 aliphatic heterocycles. The highest BCUT2D eigenvalue weighted by Gasteiger charge is 2.42. The van der Waals surface area contributed by atoms with Crippen LogP contribution in [0.5, 0.6) is 0 Å². The van der Waals surface area contributed by atoms with Crippen molar-refractivity contribution in [2.45, 2.75) is 43.8 Å². The molecule has 2 N–H and O–H groups in total. The molecule has 0 spiro atoms. The van der Waals surface area contributed by atoms with Crippen molar-refractivity contribution in [2.75, 3.05) is 11.9 Å². The highest BCUT2D eigenvalue weighted by molar-refractivity contribution is 6.38. The topological polar surface area (TPSA) is 79.1 Å². The van der Waals surface area contributed by atoms with E-state index in [1.165, 1.54) is 12.8 Å². The number of aryl methyl sites for hydroxylation is 1. The molecule has 0 amide bonds. The first-order valence-electron chi connectivity index (χ1n) is 11.5. The maximum Gasteiger partial charge on any atom is 0.213 e. The molecule has 2 aliphatic rings. The second kappa shape index (κ2) is 6.95. The third kappa shape index (κ3) is 2.71. The van der Waals surface area contributed by atoms with Crippen LogP contribution in [0.3, 0.4) is 0 Å². The van der Waals surface area contributed by atoms with Crippen molar-refractivity contribution in [1.29, 1.82) is 0 Å². The fourth-order valence-electron chi connectivity index (χ4n) is 6.05. The summed E-state index contributed by atoms with van der Waals surface area (Å²) in [4.78, 5) is 15.9. The molecule has 0 aliphatic carbocycles. The zero-order chi connectivity index (χ0) is 22.3. The van der Waals surface area contributed by atoms with Crippen LogP contribution in [-0.4, -0.2) is 54.3 Å². The molecule has 2 bridgehead atoms. The van der Waals surface area contributed by atoms with Gasteiger partial charge in [-0.25, -0.2) is 4.98 Å². The number of imidazole rings is 1. The summed E-state index contributed by atoms with van der Waals surface area (Å²) >= 11 is 6.87. The van der Waals surface area contributed by atoms with Gasteiger partial charge < -0.3 is 15.2 Å². The molecular weight excluding hydrogens is 436 g/mol. The quantitative estimate of drug-likeness (QED) is 0.423. The largest absolute Gasteiger partial charge is 0.345 e. The maximum atomic E-state index is 6.87. The van der Waals surface area contributed by atoms with Crippen LogP contribution in [0, 0.1) is 0 Å². The number of aromatic nitrogens is 6. The third-order valence-electron chi connectivity index (χ3n) is 7.55. The van der Waals surface area contributed by atoms with E-state index in [1.54, 1.807) is 4.68 Å². The van der Waals surface area contributed by atoms with E-state index in [9.17, 15) is 0 Å². The number of hydrogen-bond acceptors (Lipinski definition) is 5. The minimum absolute atomic E-state index is 0.508. The van der Waals surface area contributed by atoms with Gasteiger partial charge in [0.05, 0.1) is 15.9 Å². The Morgan fingerprint density at radius 1 is 1.15 bits per heavy atom. The number of halogens is 1. The van der Waals surface area contributed by atoms with Gasteiger partial charge in [0.25, 0.3) is 0 Å². The summed E-state index contributed by atoms with van der Waals surface area (Å²) in [6.45, 7) is 0. The average Bonchev–Trinajstić information content (AvgIpc) is 3.57. The van der Waals surface area contributed by atoms with Crippen LogP contribution in [0.2, 0.25) is 5.02 Å². The van der Waals surface area contributed by atoms with Crippen molar-refractivity contribution in [3.05, 3.63) is 41.9 Å². The van der Waals surface area contributed by atoms with Crippen LogP contribution in [0.1, 0.15) is 25.7 Å². The van der Waals surface area contributed by atoms with Gasteiger partial charge in [0, 0.05) is 66.5 Å². The molecule has 3 atom stereocenters. The fraction of sp³-hybridized carbons (Fsp3) is 0.375. The Morgan fingerprint density at radius 2 is 1.97 bits per heavy atom. The first kappa shape index (κ1) is 19.4. The van der Waals surface area contributed by atoms with E-state index in [2.05, 4.69) is 31.7 Å². The Kier molecular flexibility index (Phi) is 4.08. The Labute approximate surface area is 195 Å². The van der Waals surface area contributed by atoms with Crippen LogP contribution >= 0.6 is 11.6 Å². The minimum atomic E-state index is 0.508. The molecule has 168 valence electrons. The number of nitrogens with zero attached hydrogens (tertiary/aromatic N) is 6. The molecule has 33 heavy (non-hydrogen) atoms. The first-order valence-corrected chi connectivity index (χ1v) is 11.9. The van der Waals surface area contributed by atoms with Crippen LogP contribution in [-0.2, 0) is 7.05 Å². The number of fused-ring (bicyclic) bond motifs is 6. The summed E-state index contributed by atoms with van der Waals surface area (Å²) in [6, 6.07) is 5.66. The molecule has 2 saturated heterocycles. The molecule has 6 heterocycles. The van der Waals surface area contributed by atoms with Gasteiger partial charge in [0.2, 0.25) is 5.95 Å². The maximum absolute atomic E-state index is 6.87. The second-order valence-electron chi connectivity index (χ2n) is 9.37. The van der Waals surface area contributed by atoms with Gasteiger partial charge in [0.1, 0.15) is 5.65 Å². The number of hydrogen-bond donors (Lipinski definition) is 2. The van der Waals surface area contributed by atoms with Gasteiger partial charge in [-0.15, -0.1) is 0 Å². The van der Waals surface area contributed by atoms with Crippen LogP contribution in [0.15, 0.2) is 36.9 Å². The Balaban J connectivity index is 1.41. The predicted molar refractivity (Wildman–Crippen MR) is 131 cm³/mol. The molecule has 1 unspecified atom stereocenters. The highest BCUT2D eigenvalue weighted by atomic mass is 35.5. The SMILES string of the molecule is CNC1C[C@H]2CC[C@@H](C1)N2c1nc2[nH]cc(-c3ccc4nn(C)cc4c3Cl)c2c2nccn12. The number of piperidine rings is 1. The molecule has 1 aromatic carbocycles. The third-order valence-corrected chi connectivity index (χ3v) is 7.96. The van der Waals surface area contributed by atoms with E-state index in [4.69, 9.17) is 21.6 Å². The lowest BCUT2D eigenvalue weighted by atomic mass is 9.98. The summed E-state index contributed by atoms with van der Waals surface area (Å²) in [5.74, 6) is 0.985. The zero-order valence-electron chi connectivity index (χ0n) is 18.6. The van der Waals surface area contributed by atoms with Crippen LogP contribution in [0.25, 0.3) is 38.7 Å². The Bertz CT molecular complexity index is 1510. The minimum Gasteiger partial charge on any atom is -0.345 e. The van der Waals surface area contributed by atoms with Gasteiger partial charge in [0.15, 0.2) is 5.65 Å². The van der Waals surface area contributed by atoms with Gasteiger partial charge in [-0.1, -0.05) is 17.7 Å². The summed E-state index contributed by atoms with van der Waals surface area (Å²) in [6.07, 6.45) is 12.6. The Hall–Kier alpha value is -3.10. The van der Waals surface area contributed by atoms with Gasteiger partial charge in [-0.05, 0) is 38.8 Å². The summed E-state index contributed by atoms with van der Waals surface area (Å²) < 4.78 is 3.95. The number of nitrogens with one attached hydrogen (secondary N) is 2. The van der Waals surface area contributed by atoms with E-state index in [1.807, 2.05) is 44.0 Å². The lowest BCUT2D eigenvalue weighted by Crippen LogP contribution is -2.49. The van der Waals surface area contributed by atoms with Crippen molar-refractivity contribution in [3.63, 3.8) is 0 Å². The van der Waals surface area contributed by atoms with Crippen molar-refractivity contribution in [3.8, 4) is 11.1 Å². The van der Waals surface area contributed by atoms with E-state index in [0.29, 0.717) is 23.1 Å². The van der Waals surface area contributed by atoms with E-state index in [0.717, 1.165) is 57.5 Å². The standard InChI is InChI=1S/C24H25ClN8/c1-26-13-9-14-3-4-15(10-13)33(14)24-29-22-20(23-27-7-8-32(23)24)17(11-28-22)16-5-6-19-18(21(16)25)12-31(2)30-19/h5-8,11-15,26,28H,3-4,9-10H2,1-2H3/t13?,14-,15+. The highest BCUT2D eigenvalue weighted by Crippen LogP contribution is 2.42. The molecule has 9 heteroatoms. The number of anilines is 1. The van der Waals surface area contributed by atoms with E-state index >= 15 is 0 Å². The van der Waals surface area contributed by atoms with E-state index < -0.39 is 0 Å². The van der Waals surface area contributed by atoms with Crippen molar-refractivity contribution in [1.82, 2.24) is 34.4 Å². The molecule has 4 aromatic heterocycles. The number of benzene rings is 1. The van der Waals surface area contributed by atoms with E-state index in [-0.39, 0.29) is 0 Å². The van der Waals surface area contributed by atoms with Crippen molar-refractivity contribution in [2.24, 2.45) is 7.05 Å². The average molecular weight is 461 g/mol. The molecule has 5 aromatic rings. The second-order valence-corrected chi connectivity index (χ2v) is 9.75. The fourth-order valence-corrected chi connectivity index (χ4v) is 6.36. The number of H-pyrrole nitrogens is 1. The van der Waals surface area contributed by atoms with Crippen LogP contribution < -0.4 is 10.2 Å². The first-order chi connectivity index (χ1) is 16.1. The molecule has 8 nitrogen and oxygen atoms in total. The molecule has 2 fully saturated rings. The van der Waals surface area contributed by atoms with Gasteiger partial charge in [-0.3, -0.25) is 9.08 Å². The summed E-state index contributed by atoms with van der Waals surface area (Å²) in [5.41, 5.74) is 4.60. The predicted octanol–water partition coefficient (Wildman–Crippen LogP) is 4.14.